The maximum Gasteiger partial charge on any atom is 0.280 e. The van der Waals surface area contributed by atoms with Gasteiger partial charge in [0.15, 0.2) is 23.6 Å². The summed E-state index contributed by atoms with van der Waals surface area (Å²) in [6, 6.07) is 25.4. The van der Waals surface area contributed by atoms with Crippen LogP contribution >= 0.6 is 8.53 Å². The number of hydrogen-bond acceptors (Lipinski definition) is 11. The highest BCUT2D eigenvalue weighted by atomic mass is 31.2. The lowest BCUT2D eigenvalue weighted by molar-refractivity contribution is -0.118. The Morgan fingerprint density at radius 2 is 1.61 bits per heavy atom. The molecule has 0 spiro atoms. The molecule has 1 aliphatic carbocycles. The Hall–Kier alpha value is -4.76. The largest absolute Gasteiger partial charge is 0.497 e. The molecule has 5 aromatic rings. The van der Waals surface area contributed by atoms with Crippen LogP contribution in [-0.2, 0) is 28.9 Å². The summed E-state index contributed by atoms with van der Waals surface area (Å²) in [5.74, 6) is 0.948. The molecule has 3 saturated heterocycles. The van der Waals surface area contributed by atoms with Gasteiger partial charge < -0.3 is 28.0 Å². The van der Waals surface area contributed by atoms with Gasteiger partial charge in [0.25, 0.3) is 14.1 Å². The second-order valence-corrected chi connectivity index (χ2v) is 18.5. The number of carbonyl (C=O) groups excluding carboxylic acids is 1. The molecule has 1 amide bonds. The number of fused-ring (bicyclic) bond motifs is 2. The van der Waals surface area contributed by atoms with E-state index in [-0.39, 0.29) is 41.6 Å². The minimum Gasteiger partial charge on any atom is -0.497 e. The third-order valence-corrected chi connectivity index (χ3v) is 15.0. The van der Waals surface area contributed by atoms with E-state index >= 15 is 4.39 Å². The molecule has 2 N–H and O–H groups in total. The predicted molar refractivity (Wildman–Crippen MR) is 232 cm³/mol. The molecule has 3 aromatic carbocycles. The van der Waals surface area contributed by atoms with Gasteiger partial charge in [-0.2, -0.15) is 4.98 Å². The van der Waals surface area contributed by atoms with Gasteiger partial charge >= 0.3 is 0 Å². The lowest BCUT2D eigenvalue weighted by Gasteiger charge is -2.37. The Labute approximate surface area is 361 Å². The average molecular weight is 869 g/mol. The fourth-order valence-corrected chi connectivity index (χ4v) is 11.9. The zero-order valence-corrected chi connectivity index (χ0v) is 36.6. The van der Waals surface area contributed by atoms with Gasteiger partial charge in [-0.15, -0.1) is 0 Å². The lowest BCUT2D eigenvalue weighted by Crippen LogP contribution is -2.44. The first-order valence-corrected chi connectivity index (χ1v) is 22.7. The summed E-state index contributed by atoms with van der Waals surface area (Å²) in [5, 5.41) is 2.65. The topological polar surface area (TPSA) is 151 Å². The molecule has 0 radical (unpaired) electrons. The normalized spacial score (nSPS) is 26.7. The van der Waals surface area contributed by atoms with Crippen molar-refractivity contribution < 1.29 is 37.2 Å². The molecule has 5 heterocycles. The molecule has 62 heavy (non-hydrogen) atoms. The number of amides is 1. The number of H-pyrrole nitrogens is 1. The highest BCUT2D eigenvalue weighted by molar-refractivity contribution is 7.45. The first-order valence-electron chi connectivity index (χ1n) is 21.5. The molecule has 4 aliphatic rings. The molecule has 14 nitrogen and oxygen atoms in total. The summed E-state index contributed by atoms with van der Waals surface area (Å²) in [4.78, 5) is 37.3. The van der Waals surface area contributed by atoms with E-state index in [1.54, 1.807) is 28.1 Å². The number of hydrogen-bond donors (Lipinski definition) is 2. The van der Waals surface area contributed by atoms with Gasteiger partial charge in [0.1, 0.15) is 29.3 Å². The number of alkyl halides is 1. The quantitative estimate of drug-likeness (QED) is 0.0825. The highest BCUT2D eigenvalue weighted by Crippen LogP contribution is 2.64. The van der Waals surface area contributed by atoms with E-state index in [0.717, 1.165) is 48.9 Å². The SMILES string of the molecule is COc1ccc(C(OC[C@H]2O[C@@H](n3cnc4c(=O)[nH]c(NC(=O)C(C)C)nc43)[C@H](F)[C@@H]2O[P@@]2O[C@](C)(C3CCCC3)[C@@H]3CCCN32)(c2ccccc2)c2ccc(OC)cc2)cc1. The lowest BCUT2D eigenvalue weighted by atomic mass is 9.80. The maximum absolute atomic E-state index is 17.7. The predicted octanol–water partition coefficient (Wildman–Crippen LogP) is 8.03. The summed E-state index contributed by atoms with van der Waals surface area (Å²) in [7, 11) is 1.55. The summed E-state index contributed by atoms with van der Waals surface area (Å²) in [6.45, 7) is 6.34. The van der Waals surface area contributed by atoms with Crippen molar-refractivity contribution in [2.45, 2.75) is 101 Å². The van der Waals surface area contributed by atoms with Crippen molar-refractivity contribution >= 4 is 31.5 Å². The molecular formula is C46H54FN6O8P. The van der Waals surface area contributed by atoms with Crippen LogP contribution in [-0.4, -0.2) is 87.5 Å². The van der Waals surface area contributed by atoms with Crippen LogP contribution in [0, 0.1) is 11.8 Å². The Bertz CT molecular complexity index is 2370. The van der Waals surface area contributed by atoms with Crippen molar-refractivity contribution in [3.05, 3.63) is 112 Å². The molecule has 4 fully saturated rings. The van der Waals surface area contributed by atoms with Crippen LogP contribution in [0.2, 0.25) is 0 Å². The van der Waals surface area contributed by atoms with Crippen molar-refractivity contribution in [2.75, 3.05) is 32.7 Å². The van der Waals surface area contributed by atoms with Gasteiger partial charge in [-0.05, 0) is 79.5 Å². The molecule has 1 saturated carbocycles. The first-order chi connectivity index (χ1) is 30.0. The van der Waals surface area contributed by atoms with E-state index in [2.05, 4.69) is 31.9 Å². The van der Waals surface area contributed by atoms with Gasteiger partial charge in [-0.25, -0.2) is 14.0 Å². The fourth-order valence-electron chi connectivity index (χ4n) is 9.73. The van der Waals surface area contributed by atoms with Crippen LogP contribution in [0.1, 0.15) is 82.2 Å². The Kier molecular flexibility index (Phi) is 12.0. The van der Waals surface area contributed by atoms with Crippen molar-refractivity contribution in [2.24, 2.45) is 11.8 Å². The Morgan fingerprint density at radius 1 is 0.968 bits per heavy atom. The van der Waals surface area contributed by atoms with Crippen molar-refractivity contribution in [3.63, 3.8) is 0 Å². The number of carbonyl (C=O) groups is 1. The summed E-state index contributed by atoms with van der Waals surface area (Å²) in [5.41, 5.74) is 0.218. The van der Waals surface area contributed by atoms with Gasteiger partial charge in [0.05, 0.1) is 32.8 Å². The average Bonchev–Trinajstić information content (AvgIpc) is 4.15. The van der Waals surface area contributed by atoms with Crippen LogP contribution in [0.3, 0.4) is 0 Å². The van der Waals surface area contributed by atoms with E-state index in [1.165, 1.54) is 23.7 Å². The monoisotopic (exact) mass is 868 g/mol. The van der Waals surface area contributed by atoms with Gasteiger partial charge in [-0.3, -0.25) is 24.5 Å². The van der Waals surface area contributed by atoms with Crippen LogP contribution in [0.25, 0.3) is 11.2 Å². The molecular weight excluding hydrogens is 815 g/mol. The van der Waals surface area contributed by atoms with Crippen molar-refractivity contribution in [1.29, 1.82) is 0 Å². The van der Waals surface area contributed by atoms with Gasteiger partial charge in [0.2, 0.25) is 11.9 Å². The number of rotatable bonds is 14. The Morgan fingerprint density at radius 3 is 2.24 bits per heavy atom. The standard InChI is InChI=1S/C46H54FN6O8P/c1-28(2)41(54)50-44-49-40-38(42(55)51-44)48-27-52(40)43-37(47)39(60-62-53-25-11-16-36(53)45(3,61-62)29-12-9-10-13-29)35(59-43)26-58-46(30-14-7-6-8-15-30,31-17-21-33(56-4)22-18-31)32-19-23-34(57-5)24-20-32/h6-8,14-15,17-24,27-29,35-37,39,43H,9-13,16,25-26H2,1-5H3,(H2,49,50,51,54,55)/t35-,36+,37-,39-,43-,45-,62+/m1/s1. The number of ether oxygens (including phenoxy) is 4. The Balaban J connectivity index is 1.12. The minimum atomic E-state index is -1.78. The third kappa shape index (κ3) is 7.60. The number of nitrogens with zero attached hydrogens (tertiary/aromatic N) is 4. The number of methoxy groups -OCH3 is 2. The molecule has 16 heteroatoms. The van der Waals surface area contributed by atoms with E-state index in [4.69, 9.17) is 28.0 Å². The molecule has 2 aromatic heterocycles. The van der Waals surface area contributed by atoms with Crippen molar-refractivity contribution in [3.8, 4) is 11.5 Å². The number of halogens is 1. The number of nitrogens with one attached hydrogen (secondary N) is 2. The van der Waals surface area contributed by atoms with Gasteiger partial charge in [-0.1, -0.05) is 81.3 Å². The summed E-state index contributed by atoms with van der Waals surface area (Å²) in [6.07, 6.45) is 2.60. The zero-order valence-electron chi connectivity index (χ0n) is 35.7. The van der Waals surface area contributed by atoms with E-state index in [9.17, 15) is 9.59 Å². The molecule has 328 valence electrons. The number of aromatic nitrogens is 4. The highest BCUT2D eigenvalue weighted by Gasteiger charge is 2.60. The van der Waals surface area contributed by atoms with E-state index in [1.807, 2.05) is 78.9 Å². The van der Waals surface area contributed by atoms with Crippen molar-refractivity contribution in [1.82, 2.24) is 24.2 Å². The zero-order chi connectivity index (χ0) is 43.2. The van der Waals surface area contributed by atoms with Crippen LogP contribution in [0.15, 0.2) is 90.0 Å². The number of aromatic amines is 1. The second kappa shape index (κ2) is 17.4. The smallest absolute Gasteiger partial charge is 0.280 e. The minimum absolute atomic E-state index is 0.0293. The van der Waals surface area contributed by atoms with E-state index < -0.39 is 49.9 Å². The maximum atomic E-state index is 17.7. The number of anilines is 1. The van der Waals surface area contributed by atoms with Crippen LogP contribution in [0.4, 0.5) is 10.3 Å². The summed E-state index contributed by atoms with van der Waals surface area (Å²) >= 11 is 0. The van der Waals surface area contributed by atoms with E-state index in [0.29, 0.717) is 17.4 Å². The summed E-state index contributed by atoms with van der Waals surface area (Å²) < 4.78 is 60.5. The fraction of sp³-hybridized carbons (Fsp3) is 0.478. The van der Waals surface area contributed by atoms with Crippen LogP contribution < -0.4 is 20.3 Å². The molecule has 7 atom stereocenters. The second-order valence-electron chi connectivity index (χ2n) is 17.1. The number of benzene rings is 3. The third-order valence-electron chi connectivity index (χ3n) is 13.1. The van der Waals surface area contributed by atoms with Gasteiger partial charge in [0, 0.05) is 18.5 Å². The number of imidazole rings is 1. The first kappa shape index (κ1) is 42.5. The molecule has 0 unspecified atom stereocenters. The van der Waals surface area contributed by atoms with Crippen LogP contribution in [0.5, 0.6) is 11.5 Å². The molecule has 3 aliphatic heterocycles. The molecule has 0 bridgehead atoms. The molecule has 9 rings (SSSR count).